The molecular weight excluding hydrogens is 222 g/mol. The van der Waals surface area contributed by atoms with Gasteiger partial charge >= 0.3 is 0 Å². The third-order valence-electron chi connectivity index (χ3n) is 3.31. The van der Waals surface area contributed by atoms with Crippen molar-refractivity contribution in [3.63, 3.8) is 0 Å². The van der Waals surface area contributed by atoms with Gasteiger partial charge in [0.2, 0.25) is 5.91 Å². The van der Waals surface area contributed by atoms with Crippen molar-refractivity contribution in [3.05, 3.63) is 0 Å². The molecule has 6 nitrogen and oxygen atoms in total. The van der Waals surface area contributed by atoms with Crippen LogP contribution in [0.1, 0.15) is 32.1 Å². The number of carbonyl (C=O) groups excluding carboxylic acids is 2. The summed E-state index contributed by atoms with van der Waals surface area (Å²) in [5.41, 5.74) is 2.65. The predicted molar refractivity (Wildman–Crippen MR) is 61.2 cm³/mol. The minimum atomic E-state index is -0.303. The zero-order valence-corrected chi connectivity index (χ0v) is 9.61. The van der Waals surface area contributed by atoms with E-state index < -0.39 is 0 Å². The Morgan fingerprint density at radius 1 is 1.47 bits per heavy atom. The number of nitrogens with zero attached hydrogens (tertiary/aromatic N) is 1. The van der Waals surface area contributed by atoms with Crippen LogP contribution in [0, 0.1) is 5.92 Å². The van der Waals surface area contributed by atoms with Crippen molar-refractivity contribution >= 4 is 17.5 Å². The van der Waals surface area contributed by atoms with Crippen LogP contribution in [0.25, 0.3) is 0 Å². The maximum atomic E-state index is 11.7. The van der Waals surface area contributed by atoms with Gasteiger partial charge in [-0.15, -0.1) is 0 Å². The van der Waals surface area contributed by atoms with E-state index in [1.165, 1.54) is 0 Å². The van der Waals surface area contributed by atoms with E-state index in [0.717, 1.165) is 19.3 Å². The van der Waals surface area contributed by atoms with E-state index in [1.54, 1.807) is 0 Å². The average molecular weight is 239 g/mol. The SMILES string of the molecule is O=C1CCC(C(=O)NCC2CCCC2O)=NN1. The second-order valence-electron chi connectivity index (χ2n) is 4.56. The lowest BCUT2D eigenvalue weighted by molar-refractivity contribution is -0.121. The maximum absolute atomic E-state index is 11.7. The molecule has 2 unspecified atom stereocenters. The number of hydrogen-bond acceptors (Lipinski definition) is 4. The molecule has 1 heterocycles. The van der Waals surface area contributed by atoms with E-state index >= 15 is 0 Å². The number of aliphatic hydroxyl groups is 1. The van der Waals surface area contributed by atoms with Gasteiger partial charge in [0.1, 0.15) is 5.71 Å². The highest BCUT2D eigenvalue weighted by molar-refractivity contribution is 6.39. The highest BCUT2D eigenvalue weighted by Gasteiger charge is 2.26. The Morgan fingerprint density at radius 3 is 2.88 bits per heavy atom. The van der Waals surface area contributed by atoms with Crippen LogP contribution in [0.3, 0.4) is 0 Å². The Morgan fingerprint density at radius 2 is 2.29 bits per heavy atom. The van der Waals surface area contributed by atoms with Gasteiger partial charge < -0.3 is 10.4 Å². The molecule has 0 saturated heterocycles. The quantitative estimate of drug-likeness (QED) is 0.622. The highest BCUT2D eigenvalue weighted by Crippen LogP contribution is 2.24. The lowest BCUT2D eigenvalue weighted by atomic mass is 10.1. The first kappa shape index (κ1) is 12.0. The van der Waals surface area contributed by atoms with Gasteiger partial charge in [-0.1, -0.05) is 6.42 Å². The van der Waals surface area contributed by atoms with Gasteiger partial charge in [-0.3, -0.25) is 9.59 Å². The second kappa shape index (κ2) is 5.27. The van der Waals surface area contributed by atoms with Gasteiger partial charge in [0, 0.05) is 25.3 Å². The molecule has 17 heavy (non-hydrogen) atoms. The van der Waals surface area contributed by atoms with Gasteiger partial charge in [-0.25, -0.2) is 5.43 Å². The molecule has 94 valence electrons. The highest BCUT2D eigenvalue weighted by atomic mass is 16.3. The Hall–Kier alpha value is -1.43. The van der Waals surface area contributed by atoms with Crippen LogP contribution in [0.5, 0.6) is 0 Å². The zero-order valence-electron chi connectivity index (χ0n) is 9.61. The summed E-state index contributed by atoms with van der Waals surface area (Å²) in [5, 5.41) is 16.1. The lowest BCUT2D eigenvalue weighted by Gasteiger charge is -2.16. The molecule has 1 saturated carbocycles. The molecular formula is C11H17N3O3. The zero-order chi connectivity index (χ0) is 12.3. The summed E-state index contributed by atoms with van der Waals surface area (Å²) in [6.45, 7) is 0.479. The third kappa shape index (κ3) is 3.03. The molecule has 2 atom stereocenters. The van der Waals surface area contributed by atoms with Crippen LogP contribution < -0.4 is 10.7 Å². The minimum Gasteiger partial charge on any atom is -0.393 e. The number of hydrogen-bond donors (Lipinski definition) is 3. The number of aliphatic hydroxyl groups excluding tert-OH is 1. The minimum absolute atomic E-state index is 0.151. The van der Waals surface area contributed by atoms with Crippen LogP contribution in [0.15, 0.2) is 5.10 Å². The fraction of sp³-hybridized carbons (Fsp3) is 0.727. The summed E-state index contributed by atoms with van der Waals surface area (Å²) in [6.07, 6.45) is 3.16. The van der Waals surface area contributed by atoms with Gasteiger partial charge in [-0.2, -0.15) is 5.10 Å². The van der Waals surface area contributed by atoms with E-state index in [0.29, 0.717) is 25.1 Å². The first-order chi connectivity index (χ1) is 8.16. The number of hydrazone groups is 1. The molecule has 0 spiro atoms. The maximum Gasteiger partial charge on any atom is 0.267 e. The predicted octanol–water partition coefficient (Wildman–Crippen LogP) is -0.470. The molecule has 1 fully saturated rings. The Bertz CT molecular complexity index is 354. The second-order valence-corrected chi connectivity index (χ2v) is 4.56. The smallest absolute Gasteiger partial charge is 0.267 e. The molecule has 2 amide bonds. The summed E-state index contributed by atoms with van der Waals surface area (Å²) in [6, 6.07) is 0. The molecule has 2 rings (SSSR count). The topological polar surface area (TPSA) is 90.8 Å². The molecule has 1 aliphatic heterocycles. The molecule has 0 aromatic heterocycles. The number of nitrogens with one attached hydrogen (secondary N) is 2. The van der Waals surface area contributed by atoms with Crippen molar-refractivity contribution in [2.75, 3.05) is 6.54 Å². The van der Waals surface area contributed by atoms with Crippen molar-refractivity contribution in [2.45, 2.75) is 38.2 Å². The molecule has 0 radical (unpaired) electrons. The van der Waals surface area contributed by atoms with Crippen LogP contribution in [-0.4, -0.2) is 35.3 Å². The van der Waals surface area contributed by atoms with Gasteiger partial charge in [0.15, 0.2) is 0 Å². The van der Waals surface area contributed by atoms with E-state index in [-0.39, 0.29) is 23.8 Å². The van der Waals surface area contributed by atoms with Crippen molar-refractivity contribution in [2.24, 2.45) is 11.0 Å². The average Bonchev–Trinajstić information content (AvgIpc) is 2.73. The van der Waals surface area contributed by atoms with Crippen molar-refractivity contribution < 1.29 is 14.7 Å². The van der Waals surface area contributed by atoms with E-state index in [2.05, 4.69) is 15.8 Å². The number of amides is 2. The lowest BCUT2D eigenvalue weighted by Crippen LogP contribution is -2.39. The Labute approximate surface area is 99.5 Å². The Balaban J connectivity index is 1.79. The molecule has 2 aliphatic rings. The van der Waals surface area contributed by atoms with Gasteiger partial charge in [0.05, 0.1) is 6.10 Å². The normalized spacial score (nSPS) is 28.5. The summed E-state index contributed by atoms with van der Waals surface area (Å²) < 4.78 is 0. The first-order valence-corrected chi connectivity index (χ1v) is 5.98. The van der Waals surface area contributed by atoms with Crippen molar-refractivity contribution in [3.8, 4) is 0 Å². The summed E-state index contributed by atoms with van der Waals surface area (Å²) in [4.78, 5) is 22.6. The van der Waals surface area contributed by atoms with E-state index in [9.17, 15) is 14.7 Å². The molecule has 0 bridgehead atoms. The standard InChI is InChI=1S/C11H17N3O3/c15-9-3-1-2-7(9)6-12-11(17)8-4-5-10(16)14-13-8/h7,9,15H,1-6H2,(H,12,17)(H,14,16). The van der Waals surface area contributed by atoms with Crippen LogP contribution >= 0.6 is 0 Å². The first-order valence-electron chi connectivity index (χ1n) is 5.98. The van der Waals surface area contributed by atoms with Crippen molar-refractivity contribution in [1.82, 2.24) is 10.7 Å². The molecule has 1 aliphatic carbocycles. The largest absolute Gasteiger partial charge is 0.393 e. The number of rotatable bonds is 3. The van der Waals surface area contributed by atoms with Crippen molar-refractivity contribution in [1.29, 1.82) is 0 Å². The Kier molecular flexibility index (Phi) is 3.73. The fourth-order valence-electron chi connectivity index (χ4n) is 2.22. The monoisotopic (exact) mass is 239 g/mol. The van der Waals surface area contributed by atoms with E-state index in [4.69, 9.17) is 0 Å². The van der Waals surface area contributed by atoms with Crippen LogP contribution in [0.4, 0.5) is 0 Å². The van der Waals surface area contributed by atoms with E-state index in [1.807, 2.05) is 0 Å². The fourth-order valence-corrected chi connectivity index (χ4v) is 2.22. The van der Waals surface area contributed by atoms with Crippen LogP contribution in [-0.2, 0) is 9.59 Å². The van der Waals surface area contributed by atoms with Gasteiger partial charge in [-0.05, 0) is 12.8 Å². The summed E-state index contributed by atoms with van der Waals surface area (Å²) in [7, 11) is 0. The molecule has 6 heteroatoms. The molecule has 0 aromatic rings. The summed E-state index contributed by atoms with van der Waals surface area (Å²) in [5.74, 6) is -0.255. The van der Waals surface area contributed by atoms with Gasteiger partial charge in [0.25, 0.3) is 5.91 Å². The summed E-state index contributed by atoms with van der Waals surface area (Å²) >= 11 is 0. The third-order valence-corrected chi connectivity index (χ3v) is 3.31. The van der Waals surface area contributed by atoms with Crippen LogP contribution in [0.2, 0.25) is 0 Å². The molecule has 0 aromatic carbocycles. The molecule has 3 N–H and O–H groups in total. The number of carbonyl (C=O) groups is 2.